The third kappa shape index (κ3) is 6.08. The van der Waals surface area contributed by atoms with Crippen LogP contribution in [0.2, 0.25) is 0 Å². The molecule has 0 saturated heterocycles. The monoisotopic (exact) mass is 311 g/mol. The van der Waals surface area contributed by atoms with Crippen molar-refractivity contribution in [1.29, 1.82) is 0 Å². The lowest BCUT2D eigenvalue weighted by Crippen LogP contribution is -2.34. The minimum Gasteiger partial charge on any atom is -0.339 e. The maximum absolute atomic E-state index is 13.3. The molecule has 0 unspecified atom stereocenters. The Bertz CT molecular complexity index is 462. The summed E-state index contributed by atoms with van der Waals surface area (Å²) in [5.74, 6) is 0.665. The summed E-state index contributed by atoms with van der Waals surface area (Å²) in [6.07, 6.45) is 1.94. The average Bonchev–Trinajstić information content (AvgIpc) is 2.40. The normalized spacial score (nSPS) is 11.2. The van der Waals surface area contributed by atoms with Crippen LogP contribution in [0.1, 0.15) is 50.9 Å². The number of carbonyl (C=O) groups excluding carboxylic acids is 1. The minimum atomic E-state index is -0.397. The lowest BCUT2D eigenvalue weighted by molar-refractivity contribution is 0.0740. The van der Waals surface area contributed by atoms with E-state index in [0.717, 1.165) is 25.9 Å². The molecular weight excluding hydrogens is 285 g/mol. The van der Waals surface area contributed by atoms with Crippen molar-refractivity contribution < 1.29 is 9.18 Å². The maximum atomic E-state index is 13.3. The molecule has 0 atom stereocenters. The zero-order valence-electron chi connectivity index (χ0n) is 13.4. The van der Waals surface area contributed by atoms with Crippen LogP contribution in [0, 0.1) is 17.7 Å². The van der Waals surface area contributed by atoms with E-state index in [1.54, 1.807) is 0 Å². The van der Waals surface area contributed by atoms with Gasteiger partial charge in [0.15, 0.2) is 0 Å². The van der Waals surface area contributed by atoms with Crippen LogP contribution >= 0.6 is 12.6 Å². The fraction of sp³-hybridized carbons (Fsp3) is 0.588. The van der Waals surface area contributed by atoms with E-state index in [-0.39, 0.29) is 10.8 Å². The van der Waals surface area contributed by atoms with Gasteiger partial charge in [-0.2, -0.15) is 0 Å². The number of hydrogen-bond donors (Lipinski definition) is 1. The van der Waals surface area contributed by atoms with Gasteiger partial charge in [-0.25, -0.2) is 4.39 Å². The van der Waals surface area contributed by atoms with Crippen LogP contribution in [0.15, 0.2) is 23.1 Å². The molecule has 0 aliphatic heterocycles. The van der Waals surface area contributed by atoms with Crippen LogP contribution < -0.4 is 0 Å². The minimum absolute atomic E-state index is 0.0356. The Labute approximate surface area is 133 Å². The topological polar surface area (TPSA) is 20.3 Å². The highest BCUT2D eigenvalue weighted by molar-refractivity contribution is 7.80. The number of benzene rings is 1. The van der Waals surface area contributed by atoms with Crippen LogP contribution in [0.3, 0.4) is 0 Å². The predicted octanol–water partition coefficient (Wildman–Crippen LogP) is 4.65. The maximum Gasteiger partial charge on any atom is 0.253 e. The summed E-state index contributed by atoms with van der Waals surface area (Å²) in [6, 6.07) is 4.35. The number of amides is 1. The summed E-state index contributed by atoms with van der Waals surface area (Å²) >= 11 is 4.05. The van der Waals surface area contributed by atoms with E-state index in [0.29, 0.717) is 17.4 Å². The first-order chi connectivity index (χ1) is 9.81. The molecule has 0 N–H and O–H groups in total. The number of nitrogens with zero attached hydrogens (tertiary/aromatic N) is 1. The molecule has 0 aliphatic carbocycles. The second-order valence-electron chi connectivity index (χ2n) is 6.32. The van der Waals surface area contributed by atoms with Crippen molar-refractivity contribution in [1.82, 2.24) is 4.90 Å². The van der Waals surface area contributed by atoms with Crippen LogP contribution in [0.4, 0.5) is 4.39 Å². The smallest absolute Gasteiger partial charge is 0.253 e. The fourth-order valence-electron chi connectivity index (χ4n) is 1.97. The Morgan fingerprint density at radius 1 is 1.14 bits per heavy atom. The molecule has 0 aromatic heterocycles. The molecule has 118 valence electrons. The van der Waals surface area contributed by atoms with E-state index in [2.05, 4.69) is 40.3 Å². The summed E-state index contributed by atoms with van der Waals surface area (Å²) in [7, 11) is 0. The largest absolute Gasteiger partial charge is 0.339 e. The lowest BCUT2D eigenvalue weighted by Gasteiger charge is -2.24. The van der Waals surface area contributed by atoms with Gasteiger partial charge in [0.25, 0.3) is 5.91 Å². The van der Waals surface area contributed by atoms with Crippen molar-refractivity contribution in [3.05, 3.63) is 29.6 Å². The molecule has 4 heteroatoms. The van der Waals surface area contributed by atoms with Gasteiger partial charge in [0, 0.05) is 23.5 Å². The molecule has 0 saturated carbocycles. The Kier molecular flexibility index (Phi) is 7.23. The summed E-state index contributed by atoms with van der Waals surface area (Å²) in [6.45, 7) is 10.1. The summed E-state index contributed by atoms with van der Waals surface area (Å²) in [5.41, 5.74) is 0.508. The van der Waals surface area contributed by atoms with Gasteiger partial charge >= 0.3 is 0 Å². The quantitative estimate of drug-likeness (QED) is 0.727. The highest BCUT2D eigenvalue weighted by Gasteiger charge is 2.17. The number of hydrogen-bond acceptors (Lipinski definition) is 2. The lowest BCUT2D eigenvalue weighted by atomic mass is 10.1. The molecule has 1 rings (SSSR count). The van der Waals surface area contributed by atoms with E-state index in [1.807, 2.05) is 4.90 Å². The van der Waals surface area contributed by atoms with Crippen molar-refractivity contribution in [2.24, 2.45) is 11.8 Å². The second-order valence-corrected chi connectivity index (χ2v) is 6.81. The zero-order chi connectivity index (χ0) is 16.0. The van der Waals surface area contributed by atoms with E-state index in [1.165, 1.54) is 18.2 Å². The van der Waals surface area contributed by atoms with Gasteiger partial charge in [0.1, 0.15) is 5.82 Å². The summed E-state index contributed by atoms with van der Waals surface area (Å²) < 4.78 is 13.3. The van der Waals surface area contributed by atoms with Gasteiger partial charge in [0.05, 0.1) is 0 Å². The van der Waals surface area contributed by atoms with Crippen LogP contribution in [0.25, 0.3) is 0 Å². The molecule has 0 bridgehead atoms. The molecular formula is C17H26FNOS. The predicted molar refractivity (Wildman–Crippen MR) is 88.5 cm³/mol. The van der Waals surface area contributed by atoms with Crippen molar-refractivity contribution in [2.75, 3.05) is 13.1 Å². The van der Waals surface area contributed by atoms with Gasteiger partial charge < -0.3 is 4.90 Å². The third-order valence-corrected chi connectivity index (χ3v) is 3.78. The third-order valence-electron chi connectivity index (χ3n) is 3.43. The number of thiol groups is 1. The van der Waals surface area contributed by atoms with Crippen molar-refractivity contribution in [2.45, 2.75) is 45.4 Å². The first kappa shape index (κ1) is 18.0. The van der Waals surface area contributed by atoms with Gasteiger partial charge in [-0.1, -0.05) is 27.7 Å². The van der Waals surface area contributed by atoms with E-state index in [9.17, 15) is 9.18 Å². The van der Waals surface area contributed by atoms with E-state index in [4.69, 9.17) is 0 Å². The molecule has 0 fully saturated rings. The molecule has 1 aromatic rings. The van der Waals surface area contributed by atoms with Crippen molar-refractivity contribution >= 4 is 18.5 Å². The first-order valence-corrected chi connectivity index (χ1v) is 8.03. The number of carbonyl (C=O) groups is 1. The number of rotatable bonds is 7. The van der Waals surface area contributed by atoms with Crippen LogP contribution in [-0.2, 0) is 0 Å². The molecule has 2 nitrogen and oxygen atoms in total. The standard InChI is InChI=1S/C17H26FNOS/c1-12(2)7-9-19(10-8-13(3)4)17(20)14-5-6-15(18)16(21)11-14/h5-6,11-13,21H,7-10H2,1-4H3. The summed E-state index contributed by atoms with van der Waals surface area (Å²) in [4.78, 5) is 14.7. The zero-order valence-corrected chi connectivity index (χ0v) is 14.3. The second kappa shape index (κ2) is 8.42. The molecule has 0 spiro atoms. The fourth-order valence-corrected chi connectivity index (χ4v) is 2.18. The van der Waals surface area contributed by atoms with E-state index >= 15 is 0 Å². The molecule has 0 radical (unpaired) electrons. The SMILES string of the molecule is CC(C)CCN(CCC(C)C)C(=O)c1ccc(F)c(S)c1. The molecule has 0 aliphatic rings. The van der Waals surface area contributed by atoms with Crippen LogP contribution in [0.5, 0.6) is 0 Å². The van der Waals surface area contributed by atoms with Crippen molar-refractivity contribution in [3.8, 4) is 0 Å². The van der Waals surface area contributed by atoms with Gasteiger partial charge in [-0.3, -0.25) is 4.79 Å². The van der Waals surface area contributed by atoms with E-state index < -0.39 is 5.82 Å². The molecule has 21 heavy (non-hydrogen) atoms. The summed E-state index contributed by atoms with van der Waals surface area (Å²) in [5, 5.41) is 0. The van der Waals surface area contributed by atoms with Gasteiger partial charge in [0.2, 0.25) is 0 Å². The highest BCUT2D eigenvalue weighted by atomic mass is 32.1. The van der Waals surface area contributed by atoms with Gasteiger partial charge in [-0.15, -0.1) is 12.6 Å². The Morgan fingerprint density at radius 3 is 2.10 bits per heavy atom. The Hall–Kier alpha value is -1.03. The molecule has 1 amide bonds. The Balaban J connectivity index is 2.83. The van der Waals surface area contributed by atoms with Crippen molar-refractivity contribution in [3.63, 3.8) is 0 Å². The molecule has 1 aromatic carbocycles. The van der Waals surface area contributed by atoms with Gasteiger partial charge in [-0.05, 0) is 42.9 Å². The first-order valence-electron chi connectivity index (χ1n) is 7.59. The van der Waals surface area contributed by atoms with Crippen LogP contribution in [-0.4, -0.2) is 23.9 Å². The highest BCUT2D eigenvalue weighted by Crippen LogP contribution is 2.17. The average molecular weight is 311 g/mol. The Morgan fingerprint density at radius 2 is 1.67 bits per heavy atom. The molecule has 0 heterocycles. The number of halogens is 1.